The Morgan fingerprint density at radius 3 is 2.32 bits per heavy atom. The third-order valence-electron chi connectivity index (χ3n) is 4.98. The molecule has 0 atom stereocenters. The van der Waals surface area contributed by atoms with Gasteiger partial charge < -0.3 is 19.2 Å². The molecule has 0 spiro atoms. The van der Waals surface area contributed by atoms with Crippen molar-refractivity contribution in [1.82, 2.24) is 0 Å². The number of hydrogen-bond acceptors (Lipinski definition) is 4. The summed E-state index contributed by atoms with van der Waals surface area (Å²) in [4.78, 5) is 0. The van der Waals surface area contributed by atoms with Gasteiger partial charge in [0.2, 0.25) is 0 Å². The zero-order valence-electron chi connectivity index (χ0n) is 15.5. The van der Waals surface area contributed by atoms with Crippen LogP contribution in [0, 0.1) is 6.92 Å². The molecule has 0 radical (unpaired) electrons. The molecule has 5 heteroatoms. The molecule has 0 unspecified atom stereocenters. The molecule has 1 aliphatic heterocycles. The fourth-order valence-corrected chi connectivity index (χ4v) is 2.74. The van der Waals surface area contributed by atoms with E-state index in [1.165, 1.54) is 0 Å². The molecule has 1 heterocycles. The fraction of sp³-hybridized carbons (Fsp3) is 0.400. The maximum absolute atomic E-state index is 9.60. The topological polar surface area (TPSA) is 47.9 Å². The van der Waals surface area contributed by atoms with Gasteiger partial charge in [-0.25, -0.2) is 0 Å². The van der Waals surface area contributed by atoms with Crippen molar-refractivity contribution in [3.05, 3.63) is 53.6 Å². The van der Waals surface area contributed by atoms with Crippen LogP contribution < -0.4 is 10.2 Å². The standard InChI is InChI=1S/C20H25BO4/c1-14-9-10-17(21-24-19(2,3)20(4,5)25-21)18(11-14)23-13-15-7-6-8-16(22)12-15/h6-12,22H,13H2,1-5H3. The molecular formula is C20H25BO4. The number of phenolic OH excluding ortho intramolecular Hbond substituents is 1. The first-order valence-corrected chi connectivity index (χ1v) is 8.55. The lowest BCUT2D eigenvalue weighted by Crippen LogP contribution is -2.41. The van der Waals surface area contributed by atoms with E-state index in [9.17, 15) is 5.11 Å². The van der Waals surface area contributed by atoms with Crippen molar-refractivity contribution in [3.63, 3.8) is 0 Å². The SMILES string of the molecule is Cc1ccc(B2OC(C)(C)C(C)(C)O2)c(OCc2cccc(O)c2)c1. The molecule has 0 bridgehead atoms. The minimum absolute atomic E-state index is 0.233. The number of phenols is 1. The Balaban J connectivity index is 1.84. The van der Waals surface area contributed by atoms with E-state index in [0.717, 1.165) is 22.3 Å². The van der Waals surface area contributed by atoms with Crippen LogP contribution in [0.15, 0.2) is 42.5 Å². The minimum atomic E-state index is -0.468. The summed E-state index contributed by atoms with van der Waals surface area (Å²) in [6, 6.07) is 13.1. The van der Waals surface area contributed by atoms with Gasteiger partial charge in [-0.05, 0) is 63.9 Å². The molecule has 0 amide bonds. The van der Waals surface area contributed by atoms with E-state index >= 15 is 0 Å². The van der Waals surface area contributed by atoms with E-state index in [2.05, 4.69) is 0 Å². The molecule has 4 nitrogen and oxygen atoms in total. The first-order chi connectivity index (χ1) is 11.7. The lowest BCUT2D eigenvalue weighted by Gasteiger charge is -2.32. The molecule has 0 aromatic heterocycles. The second-order valence-electron chi connectivity index (χ2n) is 7.59. The van der Waals surface area contributed by atoms with Gasteiger partial charge in [-0.15, -0.1) is 0 Å². The highest BCUT2D eigenvalue weighted by atomic mass is 16.7. The molecule has 1 N–H and O–H groups in total. The second-order valence-corrected chi connectivity index (χ2v) is 7.59. The van der Waals surface area contributed by atoms with Crippen molar-refractivity contribution in [2.75, 3.05) is 0 Å². The van der Waals surface area contributed by atoms with Crippen molar-refractivity contribution >= 4 is 12.6 Å². The third kappa shape index (κ3) is 3.67. The van der Waals surface area contributed by atoms with Crippen molar-refractivity contribution in [3.8, 4) is 11.5 Å². The smallest absolute Gasteiger partial charge is 0.498 e. The van der Waals surface area contributed by atoms with Gasteiger partial charge in [-0.2, -0.15) is 0 Å². The summed E-state index contributed by atoms with van der Waals surface area (Å²) >= 11 is 0. The summed E-state index contributed by atoms with van der Waals surface area (Å²) in [5.74, 6) is 0.971. The summed E-state index contributed by atoms with van der Waals surface area (Å²) in [5, 5.41) is 9.60. The summed E-state index contributed by atoms with van der Waals surface area (Å²) in [7, 11) is -0.468. The van der Waals surface area contributed by atoms with Gasteiger partial charge >= 0.3 is 7.12 Å². The van der Waals surface area contributed by atoms with Gasteiger partial charge in [-0.1, -0.05) is 24.3 Å². The fourth-order valence-electron chi connectivity index (χ4n) is 2.74. The van der Waals surface area contributed by atoms with Crippen LogP contribution >= 0.6 is 0 Å². The Hall–Kier alpha value is -1.98. The van der Waals surface area contributed by atoms with Gasteiger partial charge in [0.15, 0.2) is 0 Å². The van der Waals surface area contributed by atoms with Crippen LogP contribution in [0.3, 0.4) is 0 Å². The lowest BCUT2D eigenvalue weighted by molar-refractivity contribution is 0.00578. The van der Waals surface area contributed by atoms with Crippen molar-refractivity contribution in [2.45, 2.75) is 52.4 Å². The van der Waals surface area contributed by atoms with Gasteiger partial charge in [0.25, 0.3) is 0 Å². The number of rotatable bonds is 4. The average Bonchev–Trinajstić information content (AvgIpc) is 2.73. The van der Waals surface area contributed by atoms with Gasteiger partial charge in [-0.3, -0.25) is 0 Å². The van der Waals surface area contributed by atoms with Crippen molar-refractivity contribution in [2.24, 2.45) is 0 Å². The highest BCUT2D eigenvalue weighted by molar-refractivity contribution is 6.63. The van der Waals surface area contributed by atoms with E-state index in [1.807, 2.05) is 58.9 Å². The maximum atomic E-state index is 9.60. The Kier molecular flexibility index (Phi) is 4.56. The number of aryl methyl sites for hydroxylation is 1. The molecule has 1 saturated heterocycles. The van der Waals surface area contributed by atoms with E-state index in [0.29, 0.717) is 6.61 Å². The zero-order chi connectivity index (χ0) is 18.2. The largest absolute Gasteiger partial charge is 0.508 e. The van der Waals surface area contributed by atoms with E-state index in [-0.39, 0.29) is 5.75 Å². The summed E-state index contributed by atoms with van der Waals surface area (Å²) < 4.78 is 18.4. The first-order valence-electron chi connectivity index (χ1n) is 8.55. The quantitative estimate of drug-likeness (QED) is 0.865. The normalized spacial score (nSPS) is 18.4. The summed E-state index contributed by atoms with van der Waals surface area (Å²) in [6.07, 6.45) is 0. The van der Waals surface area contributed by atoms with E-state index in [1.54, 1.807) is 18.2 Å². The Morgan fingerprint density at radius 1 is 1.00 bits per heavy atom. The monoisotopic (exact) mass is 340 g/mol. The molecule has 2 aromatic rings. The van der Waals surface area contributed by atoms with Crippen LogP contribution in [0.1, 0.15) is 38.8 Å². The van der Waals surface area contributed by atoms with E-state index < -0.39 is 18.3 Å². The van der Waals surface area contributed by atoms with Crippen molar-refractivity contribution in [1.29, 1.82) is 0 Å². The molecule has 2 aromatic carbocycles. The first kappa shape index (κ1) is 17.8. The molecule has 132 valence electrons. The summed E-state index contributed by atoms with van der Waals surface area (Å²) in [5.41, 5.74) is 2.09. The lowest BCUT2D eigenvalue weighted by atomic mass is 9.78. The molecular weight excluding hydrogens is 315 g/mol. The predicted octanol–water partition coefficient (Wildman–Crippen LogP) is 3.58. The number of ether oxygens (including phenoxy) is 1. The Morgan fingerprint density at radius 2 is 1.68 bits per heavy atom. The number of benzene rings is 2. The highest BCUT2D eigenvalue weighted by Gasteiger charge is 2.52. The molecule has 1 fully saturated rings. The van der Waals surface area contributed by atoms with Crippen LogP contribution in [0.25, 0.3) is 0 Å². The second kappa shape index (κ2) is 6.39. The maximum Gasteiger partial charge on any atom is 0.498 e. The van der Waals surface area contributed by atoms with Crippen molar-refractivity contribution < 1.29 is 19.2 Å². The van der Waals surface area contributed by atoms with Crippen LogP contribution in [0.4, 0.5) is 0 Å². The average molecular weight is 340 g/mol. The summed E-state index contributed by atoms with van der Waals surface area (Å²) in [6.45, 7) is 10.5. The number of aromatic hydroxyl groups is 1. The highest BCUT2D eigenvalue weighted by Crippen LogP contribution is 2.37. The Bertz CT molecular complexity index is 754. The molecule has 0 saturated carbocycles. The van der Waals surface area contributed by atoms with Gasteiger partial charge in [0, 0.05) is 5.46 Å². The van der Waals surface area contributed by atoms with Crippen LogP contribution in [0.5, 0.6) is 11.5 Å². The molecule has 1 aliphatic rings. The molecule has 0 aliphatic carbocycles. The predicted molar refractivity (Wildman–Crippen MR) is 99.3 cm³/mol. The van der Waals surface area contributed by atoms with Crippen LogP contribution in [-0.4, -0.2) is 23.4 Å². The van der Waals surface area contributed by atoms with Crippen LogP contribution in [-0.2, 0) is 15.9 Å². The van der Waals surface area contributed by atoms with Crippen LogP contribution in [0.2, 0.25) is 0 Å². The minimum Gasteiger partial charge on any atom is -0.508 e. The zero-order valence-corrected chi connectivity index (χ0v) is 15.5. The molecule has 3 rings (SSSR count). The van der Waals surface area contributed by atoms with Gasteiger partial charge in [0.1, 0.15) is 18.1 Å². The number of hydrogen-bond donors (Lipinski definition) is 1. The third-order valence-corrected chi connectivity index (χ3v) is 4.98. The van der Waals surface area contributed by atoms with E-state index in [4.69, 9.17) is 14.0 Å². The Labute approximate surface area is 149 Å². The van der Waals surface area contributed by atoms with Gasteiger partial charge in [0.05, 0.1) is 11.2 Å². The molecule has 25 heavy (non-hydrogen) atoms.